The van der Waals surface area contributed by atoms with E-state index in [1.807, 2.05) is 24.4 Å². The summed E-state index contributed by atoms with van der Waals surface area (Å²) in [6.45, 7) is 5.84. The first-order valence-corrected chi connectivity index (χ1v) is 8.19. The molecule has 3 nitrogen and oxygen atoms in total. The van der Waals surface area contributed by atoms with E-state index in [1.165, 1.54) is 5.56 Å². The maximum Gasteiger partial charge on any atom is 0.142 e. The lowest BCUT2D eigenvalue weighted by Crippen LogP contribution is -2.47. The van der Waals surface area contributed by atoms with E-state index in [2.05, 4.69) is 49.8 Å². The van der Waals surface area contributed by atoms with Crippen LogP contribution in [0.1, 0.15) is 5.56 Å². The van der Waals surface area contributed by atoms with Crippen LogP contribution in [0.3, 0.4) is 0 Å². The molecule has 2 heterocycles. The largest absolute Gasteiger partial charge is 0.367 e. The zero-order valence-corrected chi connectivity index (χ0v) is 14.2. The van der Waals surface area contributed by atoms with Gasteiger partial charge in [-0.25, -0.2) is 4.98 Å². The molecule has 0 aliphatic carbocycles. The first-order valence-electron chi connectivity index (χ1n) is 7.02. The second kappa shape index (κ2) is 6.24. The molecule has 0 spiro atoms. The van der Waals surface area contributed by atoms with Crippen LogP contribution in [0.15, 0.2) is 41.0 Å². The highest BCUT2D eigenvalue weighted by molar-refractivity contribution is 9.10. The summed E-state index contributed by atoms with van der Waals surface area (Å²) in [6, 6.07) is 10.1. The van der Waals surface area contributed by atoms with Crippen molar-refractivity contribution in [1.82, 2.24) is 4.98 Å². The molecule has 1 aliphatic heterocycles. The molecule has 0 saturated carbocycles. The quantitative estimate of drug-likeness (QED) is 0.796. The van der Waals surface area contributed by atoms with Crippen LogP contribution >= 0.6 is 27.5 Å². The predicted octanol–water partition coefficient (Wildman–Crippen LogP) is 4.13. The molecule has 1 aromatic heterocycles. The topological polar surface area (TPSA) is 19.4 Å². The van der Waals surface area contributed by atoms with E-state index < -0.39 is 0 Å². The Morgan fingerprint density at radius 2 is 1.76 bits per heavy atom. The normalized spacial score (nSPS) is 15.4. The van der Waals surface area contributed by atoms with Gasteiger partial charge in [0.05, 0.1) is 15.2 Å². The van der Waals surface area contributed by atoms with E-state index in [-0.39, 0.29) is 0 Å². The molecule has 0 bridgehead atoms. The van der Waals surface area contributed by atoms with E-state index in [0.717, 1.165) is 47.2 Å². The van der Waals surface area contributed by atoms with Gasteiger partial charge in [-0.15, -0.1) is 0 Å². The molecule has 1 aliphatic rings. The molecule has 2 aromatic rings. The number of nitrogens with zero attached hydrogens (tertiary/aromatic N) is 3. The fraction of sp³-hybridized carbons (Fsp3) is 0.312. The van der Waals surface area contributed by atoms with Crippen molar-refractivity contribution >= 4 is 39.0 Å². The minimum atomic E-state index is 0.820. The molecule has 1 aromatic carbocycles. The van der Waals surface area contributed by atoms with Crippen molar-refractivity contribution in [1.29, 1.82) is 0 Å². The van der Waals surface area contributed by atoms with Crippen molar-refractivity contribution in [3.8, 4) is 0 Å². The van der Waals surface area contributed by atoms with Gasteiger partial charge in [-0.2, -0.15) is 0 Å². The summed E-state index contributed by atoms with van der Waals surface area (Å²) >= 11 is 9.89. The van der Waals surface area contributed by atoms with Crippen LogP contribution in [0.25, 0.3) is 0 Å². The number of pyridine rings is 1. The van der Waals surface area contributed by atoms with Gasteiger partial charge in [0.25, 0.3) is 0 Å². The van der Waals surface area contributed by atoms with Gasteiger partial charge in [0.1, 0.15) is 5.82 Å². The second-order valence-corrected chi connectivity index (χ2v) is 6.51. The van der Waals surface area contributed by atoms with Gasteiger partial charge >= 0.3 is 0 Å². The number of hydrogen-bond acceptors (Lipinski definition) is 3. The maximum absolute atomic E-state index is 6.28. The zero-order valence-electron chi connectivity index (χ0n) is 11.9. The smallest absolute Gasteiger partial charge is 0.142 e. The lowest BCUT2D eigenvalue weighted by molar-refractivity contribution is 0.646. The van der Waals surface area contributed by atoms with Gasteiger partial charge in [0.15, 0.2) is 0 Å². The van der Waals surface area contributed by atoms with Crippen LogP contribution in [0.2, 0.25) is 5.02 Å². The van der Waals surface area contributed by atoms with Crippen molar-refractivity contribution in [2.24, 2.45) is 0 Å². The number of para-hydroxylation sites is 1. The summed E-state index contributed by atoms with van der Waals surface area (Å²) in [5, 5.41) is 0.820. The lowest BCUT2D eigenvalue weighted by Gasteiger charge is -2.37. The monoisotopic (exact) mass is 365 g/mol. The molecule has 1 saturated heterocycles. The Hall–Kier alpha value is -1.26. The minimum absolute atomic E-state index is 0.820. The number of anilines is 2. The third-order valence-corrected chi connectivity index (χ3v) is 4.63. The molecule has 0 amide bonds. The van der Waals surface area contributed by atoms with Crippen LogP contribution < -0.4 is 9.80 Å². The van der Waals surface area contributed by atoms with Gasteiger partial charge < -0.3 is 9.80 Å². The number of rotatable bonds is 2. The molecule has 0 N–H and O–H groups in total. The highest BCUT2D eigenvalue weighted by atomic mass is 79.9. The zero-order chi connectivity index (χ0) is 14.8. The van der Waals surface area contributed by atoms with Crippen LogP contribution in [-0.4, -0.2) is 31.2 Å². The first-order chi connectivity index (χ1) is 10.1. The van der Waals surface area contributed by atoms with Gasteiger partial charge in [0.2, 0.25) is 0 Å². The van der Waals surface area contributed by atoms with Gasteiger partial charge in [-0.1, -0.05) is 23.7 Å². The summed E-state index contributed by atoms with van der Waals surface area (Å²) in [4.78, 5) is 9.20. The summed E-state index contributed by atoms with van der Waals surface area (Å²) in [6.07, 6.45) is 1.92. The predicted molar refractivity (Wildman–Crippen MR) is 92.6 cm³/mol. The third kappa shape index (κ3) is 3.16. The molecule has 0 unspecified atom stereocenters. The van der Waals surface area contributed by atoms with Crippen molar-refractivity contribution < 1.29 is 0 Å². The number of piperazine rings is 1. The highest BCUT2D eigenvalue weighted by Gasteiger charge is 2.21. The molecule has 0 atom stereocenters. The van der Waals surface area contributed by atoms with Crippen LogP contribution in [0.4, 0.5) is 11.5 Å². The Balaban J connectivity index is 1.72. The Morgan fingerprint density at radius 3 is 2.43 bits per heavy atom. The number of aromatic nitrogens is 1. The van der Waals surface area contributed by atoms with Crippen LogP contribution in [0, 0.1) is 6.92 Å². The van der Waals surface area contributed by atoms with Crippen molar-refractivity contribution in [3.63, 3.8) is 0 Å². The molecule has 110 valence electrons. The van der Waals surface area contributed by atoms with Crippen LogP contribution in [0.5, 0.6) is 0 Å². The molecular weight excluding hydrogens is 350 g/mol. The second-order valence-electron chi connectivity index (χ2n) is 5.24. The standard InChI is InChI=1S/C16H17BrClN3/c1-12-10-13(17)16(19-11-12)21-8-6-20(7-9-21)15-5-3-2-4-14(15)18/h2-5,10-11H,6-9H2,1H3. The average Bonchev–Trinajstić information content (AvgIpc) is 2.48. The van der Waals surface area contributed by atoms with Crippen molar-refractivity contribution in [2.45, 2.75) is 6.92 Å². The lowest BCUT2D eigenvalue weighted by atomic mass is 10.2. The molecule has 21 heavy (non-hydrogen) atoms. The highest BCUT2D eigenvalue weighted by Crippen LogP contribution is 2.29. The van der Waals surface area contributed by atoms with Gasteiger partial charge in [0, 0.05) is 32.4 Å². The van der Waals surface area contributed by atoms with E-state index in [1.54, 1.807) is 0 Å². The number of benzene rings is 1. The molecule has 0 radical (unpaired) electrons. The van der Waals surface area contributed by atoms with Gasteiger partial charge in [-0.3, -0.25) is 0 Å². The van der Waals surface area contributed by atoms with Crippen LogP contribution in [-0.2, 0) is 0 Å². The summed E-state index contributed by atoms with van der Waals surface area (Å²) < 4.78 is 1.06. The molecule has 1 fully saturated rings. The number of halogens is 2. The third-order valence-electron chi connectivity index (χ3n) is 3.73. The van der Waals surface area contributed by atoms with Crippen molar-refractivity contribution in [2.75, 3.05) is 36.0 Å². The van der Waals surface area contributed by atoms with E-state index in [0.29, 0.717) is 0 Å². The minimum Gasteiger partial charge on any atom is -0.367 e. The SMILES string of the molecule is Cc1cnc(N2CCN(c3ccccc3Cl)CC2)c(Br)c1. The summed E-state index contributed by atoms with van der Waals surface area (Å²) in [5.41, 5.74) is 2.29. The van der Waals surface area contributed by atoms with E-state index in [4.69, 9.17) is 11.6 Å². The fourth-order valence-electron chi connectivity index (χ4n) is 2.63. The first kappa shape index (κ1) is 14.7. The Labute approximate surface area is 138 Å². The average molecular weight is 367 g/mol. The molecule has 3 rings (SSSR count). The van der Waals surface area contributed by atoms with Crippen molar-refractivity contribution in [3.05, 3.63) is 51.6 Å². The van der Waals surface area contributed by atoms with E-state index in [9.17, 15) is 0 Å². The fourth-order valence-corrected chi connectivity index (χ4v) is 3.60. The number of hydrogen-bond donors (Lipinski definition) is 0. The summed E-state index contributed by atoms with van der Waals surface area (Å²) in [5.74, 6) is 1.03. The Bertz CT molecular complexity index is 639. The molecular formula is C16H17BrClN3. The molecule has 5 heteroatoms. The summed E-state index contributed by atoms with van der Waals surface area (Å²) in [7, 11) is 0. The van der Waals surface area contributed by atoms with E-state index >= 15 is 0 Å². The van der Waals surface area contributed by atoms with Gasteiger partial charge in [-0.05, 0) is 46.6 Å². The Morgan fingerprint density at radius 1 is 1.10 bits per heavy atom. The Kier molecular flexibility index (Phi) is 4.36. The maximum atomic E-state index is 6.28. The number of aryl methyl sites for hydroxylation is 1.